The van der Waals surface area contributed by atoms with Gasteiger partial charge in [0.05, 0.1) is 24.3 Å². The largest absolute Gasteiger partial charge is 0.490 e. The number of amides is 1. The van der Waals surface area contributed by atoms with E-state index >= 15 is 0 Å². The highest BCUT2D eigenvalue weighted by Crippen LogP contribution is 2.21. The van der Waals surface area contributed by atoms with Gasteiger partial charge >= 0.3 is 5.97 Å². The minimum Gasteiger partial charge on any atom is -0.490 e. The highest BCUT2D eigenvalue weighted by atomic mass is 16.5. The summed E-state index contributed by atoms with van der Waals surface area (Å²) in [6.07, 6.45) is 0. The first kappa shape index (κ1) is 19.4. The number of rotatable bonds is 9. The summed E-state index contributed by atoms with van der Waals surface area (Å²) < 4.78 is 15.5. The number of anilines is 1. The maximum atomic E-state index is 12.6. The summed E-state index contributed by atoms with van der Waals surface area (Å²) in [7, 11) is 3.08. The summed E-state index contributed by atoms with van der Waals surface area (Å²) in [5.74, 6) is -1.06. The van der Waals surface area contributed by atoms with Crippen molar-refractivity contribution in [3.63, 3.8) is 0 Å². The number of aromatic carboxylic acids is 1. The Labute approximate surface area is 151 Å². The van der Waals surface area contributed by atoms with Crippen LogP contribution in [0.3, 0.4) is 0 Å². The molecular formula is C19H21NO6. The number of carbonyl (C=O) groups is 2. The van der Waals surface area contributed by atoms with E-state index in [1.54, 1.807) is 37.4 Å². The van der Waals surface area contributed by atoms with Crippen molar-refractivity contribution >= 4 is 17.6 Å². The van der Waals surface area contributed by atoms with Crippen LogP contribution in [0.2, 0.25) is 0 Å². The van der Waals surface area contributed by atoms with E-state index in [1.165, 1.54) is 19.2 Å². The highest BCUT2D eigenvalue weighted by Gasteiger charge is 2.14. The smallest absolute Gasteiger partial charge is 0.335 e. The molecule has 7 heteroatoms. The number of carboxylic acid groups (broad SMARTS) is 1. The van der Waals surface area contributed by atoms with Gasteiger partial charge in [-0.15, -0.1) is 0 Å². The highest BCUT2D eigenvalue weighted by molar-refractivity contribution is 6.06. The molecule has 138 valence electrons. The SMILES string of the molecule is COCCOc1ccccc1C(=O)Nc1cc(COC)cc(C(=O)O)c1. The molecule has 0 aliphatic heterocycles. The Morgan fingerprint density at radius 2 is 1.81 bits per heavy atom. The number of hydrogen-bond donors (Lipinski definition) is 2. The molecule has 2 aromatic carbocycles. The van der Waals surface area contributed by atoms with Gasteiger partial charge in [0.2, 0.25) is 0 Å². The Kier molecular flexibility index (Phi) is 7.13. The molecular weight excluding hydrogens is 338 g/mol. The fourth-order valence-corrected chi connectivity index (χ4v) is 2.35. The van der Waals surface area contributed by atoms with E-state index in [-0.39, 0.29) is 12.2 Å². The number of para-hydroxylation sites is 1. The summed E-state index contributed by atoms with van der Waals surface area (Å²) in [6, 6.07) is 11.4. The van der Waals surface area contributed by atoms with E-state index in [2.05, 4.69) is 5.32 Å². The zero-order valence-corrected chi connectivity index (χ0v) is 14.7. The first-order chi connectivity index (χ1) is 12.5. The predicted octanol–water partition coefficient (Wildman–Crippen LogP) is 2.81. The first-order valence-corrected chi connectivity index (χ1v) is 7.93. The second-order valence-electron chi connectivity index (χ2n) is 5.45. The summed E-state index contributed by atoms with van der Waals surface area (Å²) in [5.41, 5.74) is 1.43. The predicted molar refractivity (Wildman–Crippen MR) is 95.9 cm³/mol. The Morgan fingerprint density at radius 3 is 2.50 bits per heavy atom. The zero-order valence-electron chi connectivity index (χ0n) is 14.7. The van der Waals surface area contributed by atoms with Crippen molar-refractivity contribution in [3.05, 3.63) is 59.2 Å². The summed E-state index contributed by atoms with van der Waals surface area (Å²) in [6.45, 7) is 0.949. The van der Waals surface area contributed by atoms with Crippen LogP contribution in [0.1, 0.15) is 26.3 Å². The standard InChI is InChI=1S/C19H21NO6/c1-24-7-8-26-17-6-4-3-5-16(17)18(21)20-15-10-13(12-25-2)9-14(11-15)19(22)23/h3-6,9-11H,7-8,12H2,1-2H3,(H,20,21)(H,22,23). The third-order valence-corrected chi connectivity index (χ3v) is 3.49. The van der Waals surface area contributed by atoms with Crippen molar-refractivity contribution in [3.8, 4) is 5.75 Å². The van der Waals surface area contributed by atoms with Crippen molar-refractivity contribution in [2.45, 2.75) is 6.61 Å². The summed E-state index contributed by atoms with van der Waals surface area (Å²) >= 11 is 0. The van der Waals surface area contributed by atoms with Crippen molar-refractivity contribution in [2.75, 3.05) is 32.8 Å². The lowest BCUT2D eigenvalue weighted by molar-refractivity contribution is 0.0696. The van der Waals surface area contributed by atoms with Crippen molar-refractivity contribution < 1.29 is 28.9 Å². The lowest BCUT2D eigenvalue weighted by Gasteiger charge is -2.12. The van der Waals surface area contributed by atoms with Crippen LogP contribution in [0.25, 0.3) is 0 Å². The third kappa shape index (κ3) is 5.30. The second-order valence-corrected chi connectivity index (χ2v) is 5.45. The maximum absolute atomic E-state index is 12.6. The van der Waals surface area contributed by atoms with E-state index in [1.807, 2.05) is 0 Å². The van der Waals surface area contributed by atoms with Crippen molar-refractivity contribution in [1.29, 1.82) is 0 Å². The van der Waals surface area contributed by atoms with Gasteiger partial charge in [-0.05, 0) is 35.9 Å². The Morgan fingerprint density at radius 1 is 1.04 bits per heavy atom. The monoisotopic (exact) mass is 359 g/mol. The molecule has 1 amide bonds. The minimum absolute atomic E-state index is 0.0690. The molecule has 0 atom stereocenters. The molecule has 0 aliphatic carbocycles. The van der Waals surface area contributed by atoms with E-state index in [4.69, 9.17) is 14.2 Å². The van der Waals surface area contributed by atoms with Crippen LogP contribution < -0.4 is 10.1 Å². The van der Waals surface area contributed by atoms with E-state index in [0.29, 0.717) is 35.8 Å². The molecule has 0 aliphatic rings. The molecule has 0 bridgehead atoms. The molecule has 26 heavy (non-hydrogen) atoms. The zero-order chi connectivity index (χ0) is 18.9. The number of benzene rings is 2. The normalized spacial score (nSPS) is 10.4. The van der Waals surface area contributed by atoms with Gasteiger partial charge in [-0.2, -0.15) is 0 Å². The molecule has 0 saturated carbocycles. The molecule has 0 heterocycles. The molecule has 0 spiro atoms. The molecule has 7 nitrogen and oxygen atoms in total. The molecule has 0 unspecified atom stereocenters. The van der Waals surface area contributed by atoms with Crippen LogP contribution in [-0.4, -0.2) is 44.4 Å². The van der Waals surface area contributed by atoms with Gasteiger partial charge < -0.3 is 24.6 Å². The van der Waals surface area contributed by atoms with Gasteiger partial charge in [0.1, 0.15) is 12.4 Å². The number of ether oxygens (including phenoxy) is 3. The molecule has 0 radical (unpaired) electrons. The fourth-order valence-electron chi connectivity index (χ4n) is 2.35. The van der Waals surface area contributed by atoms with Crippen LogP contribution in [0, 0.1) is 0 Å². The number of methoxy groups -OCH3 is 2. The van der Waals surface area contributed by atoms with Gasteiger partial charge in [-0.25, -0.2) is 4.79 Å². The number of nitrogens with one attached hydrogen (secondary N) is 1. The summed E-state index contributed by atoms with van der Waals surface area (Å²) in [4.78, 5) is 23.9. The lowest BCUT2D eigenvalue weighted by atomic mass is 10.1. The molecule has 0 saturated heterocycles. The molecule has 0 aromatic heterocycles. The topological polar surface area (TPSA) is 94.1 Å². The van der Waals surface area contributed by atoms with E-state index < -0.39 is 11.9 Å². The van der Waals surface area contributed by atoms with Crippen LogP contribution in [0.15, 0.2) is 42.5 Å². The van der Waals surface area contributed by atoms with Crippen molar-refractivity contribution in [1.82, 2.24) is 0 Å². The first-order valence-electron chi connectivity index (χ1n) is 7.93. The summed E-state index contributed by atoms with van der Waals surface area (Å²) in [5, 5.41) is 11.9. The van der Waals surface area contributed by atoms with Gasteiger partial charge in [0.25, 0.3) is 5.91 Å². The van der Waals surface area contributed by atoms with Crippen LogP contribution >= 0.6 is 0 Å². The molecule has 2 aromatic rings. The third-order valence-electron chi connectivity index (χ3n) is 3.49. The average molecular weight is 359 g/mol. The Hall–Kier alpha value is -2.90. The van der Waals surface area contributed by atoms with Gasteiger partial charge in [0, 0.05) is 19.9 Å². The number of carbonyl (C=O) groups excluding carboxylic acids is 1. The quantitative estimate of drug-likeness (QED) is 0.669. The van der Waals surface area contributed by atoms with Crippen molar-refractivity contribution in [2.24, 2.45) is 0 Å². The van der Waals surface area contributed by atoms with Gasteiger partial charge in [-0.1, -0.05) is 12.1 Å². The number of hydrogen-bond acceptors (Lipinski definition) is 5. The Balaban J connectivity index is 2.23. The molecule has 2 N–H and O–H groups in total. The second kappa shape index (κ2) is 9.55. The molecule has 0 fully saturated rings. The molecule has 2 rings (SSSR count). The van der Waals surface area contributed by atoms with E-state index in [0.717, 1.165) is 0 Å². The lowest BCUT2D eigenvalue weighted by Crippen LogP contribution is -2.15. The fraction of sp³-hybridized carbons (Fsp3) is 0.263. The maximum Gasteiger partial charge on any atom is 0.335 e. The van der Waals surface area contributed by atoms with Crippen LogP contribution in [0.5, 0.6) is 5.75 Å². The van der Waals surface area contributed by atoms with Gasteiger partial charge in [-0.3, -0.25) is 4.79 Å². The Bertz CT molecular complexity index is 774. The minimum atomic E-state index is -1.08. The van der Waals surface area contributed by atoms with Crippen LogP contribution in [0.4, 0.5) is 5.69 Å². The van der Waals surface area contributed by atoms with E-state index in [9.17, 15) is 14.7 Å². The van der Waals surface area contributed by atoms with Gasteiger partial charge in [0.15, 0.2) is 0 Å². The number of carboxylic acids is 1. The van der Waals surface area contributed by atoms with Crippen LogP contribution in [-0.2, 0) is 16.1 Å². The average Bonchev–Trinajstić information content (AvgIpc) is 2.62.